The summed E-state index contributed by atoms with van der Waals surface area (Å²) in [5.41, 5.74) is 3.48. The molecule has 8 heteroatoms. The van der Waals surface area contributed by atoms with Gasteiger partial charge in [-0.05, 0) is 40.8 Å². The van der Waals surface area contributed by atoms with Crippen molar-refractivity contribution in [2.75, 3.05) is 6.54 Å². The van der Waals surface area contributed by atoms with Crippen molar-refractivity contribution in [3.8, 4) is 11.1 Å². The average molecular weight is 457 g/mol. The second-order valence-corrected chi connectivity index (χ2v) is 9.47. The highest BCUT2D eigenvalue weighted by molar-refractivity contribution is 7.89. The summed E-state index contributed by atoms with van der Waals surface area (Å²) in [6.07, 6.45) is 1.49. The van der Waals surface area contributed by atoms with Crippen molar-refractivity contribution < 1.29 is 22.0 Å². The molecular weight excluding hydrogens is 434 g/mol. The summed E-state index contributed by atoms with van der Waals surface area (Å²) in [5, 5.41) is 0. The summed E-state index contributed by atoms with van der Waals surface area (Å²) in [7, 11) is -4.10. The molecule has 32 heavy (non-hydrogen) atoms. The van der Waals surface area contributed by atoms with Gasteiger partial charge in [-0.3, -0.25) is 4.79 Å². The molecule has 0 aliphatic carbocycles. The van der Waals surface area contributed by atoms with Crippen molar-refractivity contribution in [1.29, 1.82) is 0 Å². The average Bonchev–Trinajstić information content (AvgIpc) is 3.17. The molecule has 0 unspecified atom stereocenters. The first-order valence-corrected chi connectivity index (χ1v) is 11.7. The molecule has 0 spiro atoms. The van der Waals surface area contributed by atoms with Gasteiger partial charge in [0.15, 0.2) is 0 Å². The Hall–Kier alpha value is -3.10. The van der Waals surface area contributed by atoms with Gasteiger partial charge in [-0.15, -0.1) is 0 Å². The number of sulfonamides is 1. The number of rotatable bonds is 7. The standard InChI is InChI=1S/C24H22F2N2O3S/c25-20-12-21(26)14-22(13-20)32(30,31)27-15-19-4-1-2-5-23(19)18-9-7-17(8-10-18)16-28-11-3-6-24(28)29/h1-2,4-5,7-10,12-14,27H,3,6,11,15-16H2. The molecule has 0 saturated carbocycles. The lowest BCUT2D eigenvalue weighted by Crippen LogP contribution is -2.24. The van der Waals surface area contributed by atoms with Crippen molar-refractivity contribution in [3.63, 3.8) is 0 Å². The fraction of sp³-hybridized carbons (Fsp3) is 0.208. The number of hydrogen-bond acceptors (Lipinski definition) is 3. The molecule has 1 fully saturated rings. The molecule has 4 rings (SSSR count). The van der Waals surface area contributed by atoms with Gasteiger partial charge < -0.3 is 4.90 Å². The first kappa shape index (κ1) is 22.1. The van der Waals surface area contributed by atoms with E-state index in [-0.39, 0.29) is 12.5 Å². The summed E-state index contributed by atoms with van der Waals surface area (Å²) in [6.45, 7) is 1.31. The molecule has 0 bridgehead atoms. The molecular formula is C24H22F2N2O3S. The smallest absolute Gasteiger partial charge is 0.241 e. The fourth-order valence-corrected chi connectivity index (χ4v) is 4.82. The molecule has 0 radical (unpaired) electrons. The van der Waals surface area contributed by atoms with Crippen LogP contribution in [-0.2, 0) is 27.9 Å². The predicted molar refractivity (Wildman–Crippen MR) is 117 cm³/mol. The minimum Gasteiger partial charge on any atom is -0.338 e. The van der Waals surface area contributed by atoms with Crippen LogP contribution in [0.3, 0.4) is 0 Å². The number of benzene rings is 3. The van der Waals surface area contributed by atoms with Crippen LogP contribution in [0.4, 0.5) is 8.78 Å². The van der Waals surface area contributed by atoms with Gasteiger partial charge in [0.05, 0.1) is 4.90 Å². The van der Waals surface area contributed by atoms with Gasteiger partial charge >= 0.3 is 0 Å². The highest BCUT2D eigenvalue weighted by atomic mass is 32.2. The number of carbonyl (C=O) groups is 1. The zero-order valence-electron chi connectivity index (χ0n) is 17.2. The molecule has 1 saturated heterocycles. The molecule has 1 aliphatic rings. The lowest BCUT2D eigenvalue weighted by molar-refractivity contribution is -0.128. The molecule has 1 amide bonds. The van der Waals surface area contributed by atoms with E-state index in [9.17, 15) is 22.0 Å². The zero-order valence-corrected chi connectivity index (χ0v) is 18.0. The van der Waals surface area contributed by atoms with Crippen LogP contribution in [0.15, 0.2) is 71.6 Å². The topological polar surface area (TPSA) is 66.5 Å². The monoisotopic (exact) mass is 456 g/mol. The Balaban J connectivity index is 1.51. The van der Waals surface area contributed by atoms with Crippen LogP contribution in [0.25, 0.3) is 11.1 Å². The Labute approximate surface area is 185 Å². The number of carbonyl (C=O) groups excluding carboxylic acids is 1. The summed E-state index contributed by atoms with van der Waals surface area (Å²) >= 11 is 0. The highest BCUT2D eigenvalue weighted by Gasteiger charge is 2.20. The molecule has 1 N–H and O–H groups in total. The molecule has 5 nitrogen and oxygen atoms in total. The van der Waals surface area contributed by atoms with Crippen LogP contribution in [-0.4, -0.2) is 25.8 Å². The fourth-order valence-electron chi connectivity index (χ4n) is 3.78. The van der Waals surface area contributed by atoms with E-state index in [0.29, 0.717) is 19.0 Å². The number of hydrogen-bond donors (Lipinski definition) is 1. The molecule has 0 atom stereocenters. The Morgan fingerprint density at radius 2 is 1.62 bits per heavy atom. The van der Waals surface area contributed by atoms with Crippen LogP contribution in [0.5, 0.6) is 0 Å². The third-order valence-electron chi connectivity index (χ3n) is 5.43. The Bertz CT molecular complexity index is 1220. The van der Waals surface area contributed by atoms with E-state index in [2.05, 4.69) is 4.72 Å². The summed E-state index contributed by atoms with van der Waals surface area (Å²) < 4.78 is 54.3. The third kappa shape index (κ3) is 5.03. The number of likely N-dealkylation sites (tertiary alicyclic amines) is 1. The van der Waals surface area contributed by atoms with Gasteiger partial charge in [0.1, 0.15) is 11.6 Å². The van der Waals surface area contributed by atoms with Crippen molar-refractivity contribution >= 4 is 15.9 Å². The Morgan fingerprint density at radius 1 is 0.938 bits per heavy atom. The lowest BCUT2D eigenvalue weighted by Gasteiger charge is -2.16. The minimum atomic E-state index is -4.10. The van der Waals surface area contributed by atoms with Gasteiger partial charge in [0.2, 0.25) is 15.9 Å². The second kappa shape index (κ2) is 9.18. The molecule has 3 aromatic carbocycles. The summed E-state index contributed by atoms with van der Waals surface area (Å²) in [4.78, 5) is 13.2. The third-order valence-corrected chi connectivity index (χ3v) is 6.81. The Kier molecular flexibility index (Phi) is 6.34. The normalized spacial score (nSPS) is 14.2. The molecule has 0 aromatic heterocycles. The maximum Gasteiger partial charge on any atom is 0.241 e. The van der Waals surface area contributed by atoms with Crippen molar-refractivity contribution in [1.82, 2.24) is 9.62 Å². The number of amides is 1. The summed E-state index contributed by atoms with van der Waals surface area (Å²) in [6, 6.07) is 17.3. The molecule has 166 valence electrons. The predicted octanol–water partition coefficient (Wildman–Crippen LogP) is 4.23. The van der Waals surface area contributed by atoms with Crippen molar-refractivity contribution in [2.24, 2.45) is 0 Å². The first-order chi connectivity index (χ1) is 15.3. The van der Waals surface area contributed by atoms with Crippen LogP contribution in [0, 0.1) is 11.6 Å². The van der Waals surface area contributed by atoms with Crippen LogP contribution in [0.2, 0.25) is 0 Å². The van der Waals surface area contributed by atoms with Crippen LogP contribution < -0.4 is 4.72 Å². The van der Waals surface area contributed by atoms with E-state index in [4.69, 9.17) is 0 Å². The van der Waals surface area contributed by atoms with E-state index >= 15 is 0 Å². The first-order valence-electron chi connectivity index (χ1n) is 10.2. The van der Waals surface area contributed by atoms with Gasteiger partial charge in [0.25, 0.3) is 0 Å². The SMILES string of the molecule is O=C1CCCN1Cc1ccc(-c2ccccc2CNS(=O)(=O)c2cc(F)cc(F)c2)cc1. The number of halogens is 2. The molecule has 1 heterocycles. The van der Waals surface area contributed by atoms with E-state index in [1.165, 1.54) is 0 Å². The molecule has 3 aromatic rings. The molecule has 1 aliphatic heterocycles. The van der Waals surface area contributed by atoms with Gasteiger partial charge in [-0.1, -0.05) is 48.5 Å². The maximum absolute atomic E-state index is 13.4. The van der Waals surface area contributed by atoms with E-state index < -0.39 is 26.6 Å². The van der Waals surface area contributed by atoms with Crippen LogP contribution >= 0.6 is 0 Å². The zero-order chi connectivity index (χ0) is 22.7. The highest BCUT2D eigenvalue weighted by Crippen LogP contribution is 2.25. The van der Waals surface area contributed by atoms with Gasteiger partial charge in [0, 0.05) is 32.1 Å². The second-order valence-electron chi connectivity index (χ2n) is 7.70. The largest absolute Gasteiger partial charge is 0.338 e. The quantitative estimate of drug-likeness (QED) is 0.579. The maximum atomic E-state index is 13.4. The van der Waals surface area contributed by atoms with Crippen molar-refractivity contribution in [2.45, 2.75) is 30.8 Å². The number of nitrogens with one attached hydrogen (secondary N) is 1. The summed E-state index contributed by atoms with van der Waals surface area (Å²) in [5.74, 6) is -1.74. The van der Waals surface area contributed by atoms with Crippen LogP contribution in [0.1, 0.15) is 24.0 Å². The van der Waals surface area contributed by atoms with E-state index in [0.717, 1.165) is 47.4 Å². The number of nitrogens with zero attached hydrogens (tertiary/aromatic N) is 1. The van der Waals surface area contributed by atoms with Gasteiger partial charge in [-0.25, -0.2) is 21.9 Å². The van der Waals surface area contributed by atoms with E-state index in [1.807, 2.05) is 41.3 Å². The lowest BCUT2D eigenvalue weighted by atomic mass is 9.98. The minimum absolute atomic E-state index is 0.0410. The Morgan fingerprint density at radius 3 is 2.28 bits per heavy atom. The van der Waals surface area contributed by atoms with E-state index in [1.54, 1.807) is 12.1 Å². The van der Waals surface area contributed by atoms with Gasteiger partial charge in [-0.2, -0.15) is 0 Å². The van der Waals surface area contributed by atoms with Crippen molar-refractivity contribution in [3.05, 3.63) is 89.5 Å².